The average molecular weight is 438 g/mol. The summed E-state index contributed by atoms with van der Waals surface area (Å²) in [6, 6.07) is 13.8. The van der Waals surface area contributed by atoms with E-state index in [4.69, 9.17) is 17.3 Å². The number of nitrogens with two attached hydrogens (primary N) is 1. The van der Waals surface area contributed by atoms with E-state index in [9.17, 15) is 10.1 Å². The minimum absolute atomic E-state index is 0.0944. The molecule has 0 bridgehead atoms. The number of hydrogen-bond acceptors (Lipinski definition) is 5. The van der Waals surface area contributed by atoms with Crippen LogP contribution in [0.2, 0.25) is 5.02 Å². The number of hydrogen-bond donors (Lipinski definition) is 1. The molecule has 2 heterocycles. The number of anilines is 1. The molecule has 0 spiro atoms. The maximum absolute atomic E-state index is 13.4. The Morgan fingerprint density at radius 1 is 1.23 bits per heavy atom. The molecule has 4 rings (SSSR count). The fourth-order valence-electron chi connectivity index (χ4n) is 4.42. The van der Waals surface area contributed by atoms with Crippen LogP contribution in [0.1, 0.15) is 49.3 Å². The van der Waals surface area contributed by atoms with Crippen LogP contribution in [0.4, 0.5) is 5.69 Å². The summed E-state index contributed by atoms with van der Waals surface area (Å²) in [5.74, 6) is 0.0832. The molecule has 4 nitrogen and oxygen atoms in total. The van der Waals surface area contributed by atoms with Gasteiger partial charge in [0.2, 0.25) is 0 Å². The molecule has 0 saturated heterocycles. The number of nitrogens with zero attached hydrogens (tertiary/aromatic N) is 2. The van der Waals surface area contributed by atoms with Crippen LogP contribution < -0.4 is 10.6 Å². The van der Waals surface area contributed by atoms with Gasteiger partial charge in [-0.1, -0.05) is 32.4 Å². The molecule has 2 aliphatic rings. The van der Waals surface area contributed by atoms with E-state index in [1.165, 1.54) is 4.88 Å². The van der Waals surface area contributed by atoms with Gasteiger partial charge < -0.3 is 5.73 Å². The van der Waals surface area contributed by atoms with Crippen LogP contribution in [-0.4, -0.2) is 5.78 Å². The number of rotatable bonds is 3. The standard InChI is InChI=1S/C24H24ClN3OS/c1-4-16-9-10-20(30-16)21-17(13-26)23(27)28(15-7-5-14(25)6-8-15)18-11-24(2,3)12-19(29)22(18)21/h5-10,21H,4,11-12,27H2,1-3H3. The molecule has 1 atom stereocenters. The summed E-state index contributed by atoms with van der Waals surface area (Å²) in [5.41, 5.74) is 9.28. The molecular formula is C24H24ClN3OS. The van der Waals surface area contributed by atoms with E-state index in [2.05, 4.69) is 32.9 Å². The quantitative estimate of drug-likeness (QED) is 0.648. The maximum atomic E-state index is 13.4. The number of nitriles is 1. The first-order chi connectivity index (χ1) is 14.3. The lowest BCUT2D eigenvalue weighted by atomic mass is 9.69. The van der Waals surface area contributed by atoms with Gasteiger partial charge in [0.05, 0.1) is 17.6 Å². The second-order valence-corrected chi connectivity index (χ2v) is 10.3. The van der Waals surface area contributed by atoms with Gasteiger partial charge in [0, 0.05) is 38.2 Å². The van der Waals surface area contributed by atoms with Gasteiger partial charge in [-0.3, -0.25) is 9.69 Å². The Hall–Kier alpha value is -2.55. The van der Waals surface area contributed by atoms with Crippen LogP contribution >= 0.6 is 22.9 Å². The van der Waals surface area contributed by atoms with E-state index in [0.29, 0.717) is 34.8 Å². The molecule has 0 amide bonds. The lowest BCUT2D eigenvalue weighted by molar-refractivity contribution is -0.118. The second kappa shape index (κ2) is 7.61. The van der Waals surface area contributed by atoms with Crippen LogP contribution in [0.5, 0.6) is 0 Å². The van der Waals surface area contributed by atoms with E-state index in [-0.39, 0.29) is 11.2 Å². The number of carbonyl (C=O) groups is 1. The number of Topliss-reactive ketones (excluding diaryl/α,β-unsaturated/α-hetero) is 1. The van der Waals surface area contributed by atoms with Crippen LogP contribution in [0, 0.1) is 16.7 Å². The number of allylic oxidation sites excluding steroid dienone is 3. The normalized spacial score (nSPS) is 21.0. The monoisotopic (exact) mass is 437 g/mol. The summed E-state index contributed by atoms with van der Waals surface area (Å²) in [7, 11) is 0. The molecule has 1 aromatic carbocycles. The van der Waals surface area contributed by atoms with E-state index in [1.807, 2.05) is 23.1 Å². The Balaban J connectivity index is 1.97. The van der Waals surface area contributed by atoms with Crippen LogP contribution in [-0.2, 0) is 11.2 Å². The van der Waals surface area contributed by atoms with E-state index < -0.39 is 5.92 Å². The van der Waals surface area contributed by atoms with Crippen molar-refractivity contribution >= 4 is 34.4 Å². The van der Waals surface area contributed by atoms with E-state index in [1.54, 1.807) is 23.5 Å². The number of ketones is 1. The summed E-state index contributed by atoms with van der Waals surface area (Å²) in [5, 5.41) is 10.7. The predicted molar refractivity (Wildman–Crippen MR) is 122 cm³/mol. The topological polar surface area (TPSA) is 70.1 Å². The first-order valence-corrected chi connectivity index (χ1v) is 11.3. The molecule has 1 aromatic heterocycles. The zero-order valence-electron chi connectivity index (χ0n) is 17.3. The van der Waals surface area contributed by atoms with E-state index >= 15 is 0 Å². The summed E-state index contributed by atoms with van der Waals surface area (Å²) in [6.45, 7) is 6.31. The first kappa shape index (κ1) is 20.7. The fourth-order valence-corrected chi connectivity index (χ4v) is 5.62. The lowest BCUT2D eigenvalue weighted by Gasteiger charge is -2.43. The number of halogens is 1. The summed E-state index contributed by atoms with van der Waals surface area (Å²) in [4.78, 5) is 17.5. The Bertz CT molecular complexity index is 1120. The van der Waals surface area contributed by atoms with Crippen LogP contribution in [0.3, 0.4) is 0 Å². The fraction of sp³-hybridized carbons (Fsp3) is 0.333. The Labute approximate surface area is 186 Å². The Kier molecular flexibility index (Phi) is 5.25. The van der Waals surface area contributed by atoms with Gasteiger partial charge in [-0.15, -0.1) is 11.3 Å². The zero-order chi connectivity index (χ0) is 21.6. The highest BCUT2D eigenvalue weighted by atomic mass is 35.5. The van der Waals surface area contributed by atoms with E-state index in [0.717, 1.165) is 22.7 Å². The summed E-state index contributed by atoms with van der Waals surface area (Å²) in [6.07, 6.45) is 2.09. The molecular weight excluding hydrogens is 414 g/mol. The van der Waals surface area contributed by atoms with Crippen molar-refractivity contribution in [3.05, 3.63) is 73.8 Å². The molecule has 0 saturated carbocycles. The van der Waals surface area contributed by atoms with Gasteiger partial charge >= 0.3 is 0 Å². The molecule has 0 radical (unpaired) electrons. The van der Waals surface area contributed by atoms with Crippen molar-refractivity contribution < 1.29 is 4.79 Å². The Morgan fingerprint density at radius 2 is 1.93 bits per heavy atom. The van der Waals surface area contributed by atoms with Crippen molar-refractivity contribution in [1.29, 1.82) is 5.26 Å². The van der Waals surface area contributed by atoms with Gasteiger partial charge in [-0.25, -0.2) is 0 Å². The average Bonchev–Trinajstić information content (AvgIpc) is 3.16. The highest BCUT2D eigenvalue weighted by Crippen LogP contribution is 2.51. The van der Waals surface area contributed by atoms with Gasteiger partial charge in [-0.2, -0.15) is 5.26 Å². The molecule has 1 unspecified atom stereocenters. The third-order valence-corrected chi connectivity index (χ3v) is 7.33. The zero-order valence-corrected chi connectivity index (χ0v) is 18.9. The van der Waals surface area contributed by atoms with Crippen molar-refractivity contribution in [2.24, 2.45) is 11.1 Å². The molecule has 2 aromatic rings. The summed E-state index contributed by atoms with van der Waals surface area (Å²) < 4.78 is 0. The minimum atomic E-state index is -0.401. The maximum Gasteiger partial charge on any atom is 0.162 e. The van der Waals surface area contributed by atoms with Crippen LogP contribution in [0.25, 0.3) is 0 Å². The Morgan fingerprint density at radius 3 is 2.53 bits per heavy atom. The van der Waals surface area contributed by atoms with Crippen molar-refractivity contribution in [2.75, 3.05) is 4.90 Å². The largest absolute Gasteiger partial charge is 0.384 e. The van der Waals surface area contributed by atoms with Gasteiger partial charge in [-0.05, 0) is 54.7 Å². The van der Waals surface area contributed by atoms with Crippen molar-refractivity contribution in [3.8, 4) is 6.07 Å². The molecule has 1 aliphatic carbocycles. The lowest BCUT2D eigenvalue weighted by Crippen LogP contribution is -2.42. The molecule has 1 aliphatic heterocycles. The molecule has 0 fully saturated rings. The third kappa shape index (κ3) is 3.45. The molecule has 2 N–H and O–H groups in total. The third-order valence-electron chi connectivity index (χ3n) is 5.78. The number of benzene rings is 1. The highest BCUT2D eigenvalue weighted by Gasteiger charge is 2.45. The minimum Gasteiger partial charge on any atom is -0.384 e. The van der Waals surface area contributed by atoms with Gasteiger partial charge in [0.25, 0.3) is 0 Å². The predicted octanol–water partition coefficient (Wildman–Crippen LogP) is 5.90. The number of carbonyl (C=O) groups excluding carboxylic acids is 1. The smallest absolute Gasteiger partial charge is 0.162 e. The van der Waals surface area contributed by atoms with Crippen molar-refractivity contribution in [1.82, 2.24) is 0 Å². The van der Waals surface area contributed by atoms with Gasteiger partial charge in [0.1, 0.15) is 5.82 Å². The molecule has 154 valence electrons. The summed E-state index contributed by atoms with van der Waals surface area (Å²) >= 11 is 7.74. The second-order valence-electron chi connectivity index (χ2n) is 8.61. The van der Waals surface area contributed by atoms with Crippen molar-refractivity contribution in [3.63, 3.8) is 0 Å². The SMILES string of the molecule is CCc1ccc(C2C(C#N)=C(N)N(c3ccc(Cl)cc3)C3=C2C(=O)CC(C)(C)C3)s1. The number of aryl methyl sites for hydroxylation is 1. The first-order valence-electron chi connectivity index (χ1n) is 10.1. The highest BCUT2D eigenvalue weighted by molar-refractivity contribution is 7.12. The molecule has 6 heteroatoms. The number of thiophene rings is 1. The molecule has 30 heavy (non-hydrogen) atoms. The van der Waals surface area contributed by atoms with Crippen LogP contribution in [0.15, 0.2) is 59.1 Å². The van der Waals surface area contributed by atoms with Gasteiger partial charge in [0.15, 0.2) is 5.78 Å². The van der Waals surface area contributed by atoms with Crippen molar-refractivity contribution in [2.45, 2.75) is 46.0 Å².